The number of ether oxygens (including phenoxy) is 2. The van der Waals surface area contributed by atoms with Crippen molar-refractivity contribution in [3.8, 4) is 23.1 Å². The number of likely N-dealkylation sites (tertiary alicyclic amines) is 1. The average molecular weight is 410 g/mol. The minimum absolute atomic E-state index is 0.0984. The van der Waals surface area contributed by atoms with E-state index in [1.54, 1.807) is 13.3 Å². The van der Waals surface area contributed by atoms with Gasteiger partial charge in [-0.3, -0.25) is 4.79 Å². The predicted octanol–water partition coefficient (Wildman–Crippen LogP) is 2.61. The Kier molecular flexibility index (Phi) is 5.52. The molecule has 0 spiro atoms. The molecule has 3 aromatic rings. The lowest BCUT2D eigenvalue weighted by Crippen LogP contribution is -2.30. The van der Waals surface area contributed by atoms with Gasteiger partial charge in [0, 0.05) is 43.3 Å². The Morgan fingerprint density at radius 1 is 1.23 bits per heavy atom. The quantitative estimate of drug-likeness (QED) is 0.616. The second-order valence-corrected chi connectivity index (χ2v) is 7.30. The van der Waals surface area contributed by atoms with Gasteiger partial charge in [0.05, 0.1) is 13.7 Å². The van der Waals surface area contributed by atoms with E-state index in [0.717, 1.165) is 23.4 Å². The summed E-state index contributed by atoms with van der Waals surface area (Å²) in [6.07, 6.45) is 4.43. The maximum absolute atomic E-state index is 12.0. The zero-order valence-corrected chi connectivity index (χ0v) is 17.8. The smallest absolute Gasteiger partial charge is 0.245 e. The normalized spacial score (nSPS) is 16.3. The van der Waals surface area contributed by atoms with Gasteiger partial charge in [0.1, 0.15) is 18.3 Å². The molecule has 3 aromatic heterocycles. The van der Waals surface area contributed by atoms with E-state index in [2.05, 4.69) is 15.0 Å². The van der Waals surface area contributed by atoms with Gasteiger partial charge in [-0.2, -0.15) is 4.98 Å². The fourth-order valence-corrected chi connectivity index (χ4v) is 3.85. The summed E-state index contributed by atoms with van der Waals surface area (Å²) >= 11 is 0. The molecule has 0 radical (unpaired) electrons. The molecule has 0 bridgehead atoms. The SMILES string of the molecule is CCC(=O)N1CC[C@H](Oc2ncnc3c2nc(-c2cnc(OC)c(C)c2)n3CC)C1. The number of carbonyl (C=O) groups excluding carboxylic acids is 1. The Morgan fingerprint density at radius 3 is 2.77 bits per heavy atom. The lowest BCUT2D eigenvalue weighted by molar-refractivity contribution is -0.130. The van der Waals surface area contributed by atoms with Crippen molar-refractivity contribution >= 4 is 17.1 Å². The minimum Gasteiger partial charge on any atom is -0.481 e. The number of aryl methyl sites for hydroxylation is 2. The number of aromatic nitrogens is 5. The minimum atomic E-state index is -0.0984. The number of hydrogen-bond acceptors (Lipinski definition) is 7. The van der Waals surface area contributed by atoms with E-state index in [9.17, 15) is 4.79 Å². The fourth-order valence-electron chi connectivity index (χ4n) is 3.85. The van der Waals surface area contributed by atoms with Crippen molar-refractivity contribution in [1.82, 2.24) is 29.4 Å². The molecule has 158 valence electrons. The molecular formula is C21H26N6O3. The summed E-state index contributed by atoms with van der Waals surface area (Å²) < 4.78 is 13.5. The molecule has 4 heterocycles. The van der Waals surface area contributed by atoms with Gasteiger partial charge in [-0.15, -0.1) is 0 Å². The molecule has 0 aliphatic carbocycles. The van der Waals surface area contributed by atoms with Crippen LogP contribution in [0.1, 0.15) is 32.3 Å². The topological polar surface area (TPSA) is 95.3 Å². The Labute approximate surface area is 175 Å². The zero-order valence-electron chi connectivity index (χ0n) is 17.8. The highest BCUT2D eigenvalue weighted by Crippen LogP contribution is 2.30. The van der Waals surface area contributed by atoms with E-state index < -0.39 is 0 Å². The van der Waals surface area contributed by atoms with Gasteiger partial charge >= 0.3 is 0 Å². The van der Waals surface area contributed by atoms with Crippen molar-refractivity contribution in [1.29, 1.82) is 0 Å². The second-order valence-electron chi connectivity index (χ2n) is 7.30. The van der Waals surface area contributed by atoms with Gasteiger partial charge in [0.15, 0.2) is 11.2 Å². The Hall–Kier alpha value is -3.23. The monoisotopic (exact) mass is 410 g/mol. The lowest BCUT2D eigenvalue weighted by atomic mass is 10.2. The highest BCUT2D eigenvalue weighted by Gasteiger charge is 2.28. The van der Waals surface area contributed by atoms with Crippen molar-refractivity contribution < 1.29 is 14.3 Å². The van der Waals surface area contributed by atoms with E-state index in [0.29, 0.717) is 49.0 Å². The molecular weight excluding hydrogens is 384 g/mol. The zero-order chi connectivity index (χ0) is 21.3. The number of methoxy groups -OCH3 is 1. The molecule has 0 saturated carbocycles. The van der Waals surface area contributed by atoms with Crippen molar-refractivity contribution in [2.75, 3.05) is 20.2 Å². The summed E-state index contributed by atoms with van der Waals surface area (Å²) in [6, 6.07) is 2.00. The van der Waals surface area contributed by atoms with Crippen LogP contribution in [0.4, 0.5) is 0 Å². The van der Waals surface area contributed by atoms with E-state index in [4.69, 9.17) is 14.5 Å². The van der Waals surface area contributed by atoms with Crippen LogP contribution in [0.25, 0.3) is 22.6 Å². The first-order valence-corrected chi connectivity index (χ1v) is 10.2. The van der Waals surface area contributed by atoms with Gasteiger partial charge in [-0.25, -0.2) is 15.0 Å². The van der Waals surface area contributed by atoms with Crippen LogP contribution in [0.5, 0.6) is 11.8 Å². The number of hydrogen-bond donors (Lipinski definition) is 0. The average Bonchev–Trinajstić information content (AvgIpc) is 3.38. The molecule has 9 heteroatoms. The maximum Gasteiger partial charge on any atom is 0.245 e. The largest absolute Gasteiger partial charge is 0.481 e. The van der Waals surface area contributed by atoms with Crippen LogP contribution in [0.2, 0.25) is 0 Å². The summed E-state index contributed by atoms with van der Waals surface area (Å²) in [5, 5.41) is 0. The summed E-state index contributed by atoms with van der Waals surface area (Å²) in [4.78, 5) is 31.8. The second kappa shape index (κ2) is 8.25. The lowest BCUT2D eigenvalue weighted by Gasteiger charge is -2.16. The van der Waals surface area contributed by atoms with E-state index in [1.165, 1.54) is 6.33 Å². The predicted molar refractivity (Wildman–Crippen MR) is 111 cm³/mol. The van der Waals surface area contributed by atoms with Gasteiger partial charge in [0.25, 0.3) is 0 Å². The van der Waals surface area contributed by atoms with Crippen LogP contribution in [0.3, 0.4) is 0 Å². The van der Waals surface area contributed by atoms with E-state index >= 15 is 0 Å². The van der Waals surface area contributed by atoms with E-state index in [-0.39, 0.29) is 12.0 Å². The molecule has 0 unspecified atom stereocenters. The third-order valence-corrected chi connectivity index (χ3v) is 5.37. The first-order valence-electron chi connectivity index (χ1n) is 10.2. The van der Waals surface area contributed by atoms with Gasteiger partial charge in [-0.05, 0) is 19.9 Å². The fraction of sp³-hybridized carbons (Fsp3) is 0.476. The van der Waals surface area contributed by atoms with Gasteiger partial charge in [-0.1, -0.05) is 6.92 Å². The molecule has 4 rings (SSSR count). The first-order chi connectivity index (χ1) is 14.5. The highest BCUT2D eigenvalue weighted by molar-refractivity contribution is 5.81. The van der Waals surface area contributed by atoms with Gasteiger partial charge < -0.3 is 18.9 Å². The van der Waals surface area contributed by atoms with Crippen LogP contribution >= 0.6 is 0 Å². The van der Waals surface area contributed by atoms with Gasteiger partial charge in [0.2, 0.25) is 17.7 Å². The van der Waals surface area contributed by atoms with Crippen LogP contribution in [-0.2, 0) is 11.3 Å². The molecule has 1 atom stereocenters. The van der Waals surface area contributed by atoms with Crippen LogP contribution in [-0.4, -0.2) is 61.6 Å². The number of rotatable bonds is 6. The third kappa shape index (κ3) is 3.55. The molecule has 1 saturated heterocycles. The molecule has 0 N–H and O–H groups in total. The molecule has 0 aromatic carbocycles. The Balaban J connectivity index is 1.68. The number of fused-ring (bicyclic) bond motifs is 1. The van der Waals surface area contributed by atoms with Crippen molar-refractivity contribution in [3.05, 3.63) is 24.2 Å². The molecule has 30 heavy (non-hydrogen) atoms. The standard InChI is InChI=1S/C21H26N6O3/c1-5-16(28)26-8-7-15(11-26)30-21-17-19(23-12-24-21)27(6-2)18(25-17)14-9-13(3)20(29-4)22-10-14/h9-10,12,15H,5-8,11H2,1-4H3/t15-/m0/s1. The van der Waals surface area contributed by atoms with Crippen LogP contribution in [0, 0.1) is 6.92 Å². The van der Waals surface area contributed by atoms with Crippen molar-refractivity contribution in [3.63, 3.8) is 0 Å². The summed E-state index contributed by atoms with van der Waals surface area (Å²) in [5.41, 5.74) is 3.13. The Bertz CT molecular complexity index is 1080. The van der Waals surface area contributed by atoms with E-state index in [1.807, 2.05) is 36.3 Å². The number of nitrogens with zero attached hydrogens (tertiary/aromatic N) is 6. The molecule has 1 aliphatic rings. The molecule has 9 nitrogen and oxygen atoms in total. The highest BCUT2D eigenvalue weighted by atomic mass is 16.5. The number of carbonyl (C=O) groups is 1. The molecule has 1 aliphatic heterocycles. The molecule has 1 fully saturated rings. The number of amides is 1. The maximum atomic E-state index is 12.0. The first kappa shape index (κ1) is 20.1. The molecule has 1 amide bonds. The van der Waals surface area contributed by atoms with Crippen LogP contribution in [0.15, 0.2) is 18.6 Å². The Morgan fingerprint density at radius 2 is 2.07 bits per heavy atom. The summed E-state index contributed by atoms with van der Waals surface area (Å²) in [7, 11) is 1.60. The summed E-state index contributed by atoms with van der Waals surface area (Å²) in [5.74, 6) is 1.94. The summed E-state index contributed by atoms with van der Waals surface area (Å²) in [6.45, 7) is 7.83. The third-order valence-electron chi connectivity index (χ3n) is 5.37. The number of imidazole rings is 1. The number of pyridine rings is 1. The van der Waals surface area contributed by atoms with Crippen molar-refractivity contribution in [2.45, 2.75) is 46.3 Å². The van der Waals surface area contributed by atoms with Crippen molar-refractivity contribution in [2.24, 2.45) is 0 Å². The van der Waals surface area contributed by atoms with Crippen LogP contribution < -0.4 is 9.47 Å².